The minimum Gasteiger partial charge on any atom is -0.289 e. The normalized spacial score (nSPS) is 10.7. The molecule has 0 radical (unpaired) electrons. The van der Waals surface area contributed by atoms with Gasteiger partial charge in [0, 0.05) is 16.5 Å². The molecule has 0 aliphatic heterocycles. The number of nitrogens with zero attached hydrogens (tertiary/aromatic N) is 2. The molecule has 1 heterocycles. The number of nitriles is 1. The van der Waals surface area contributed by atoms with Gasteiger partial charge in [-0.1, -0.05) is 60.7 Å². The van der Waals surface area contributed by atoms with Crippen LogP contribution in [0.2, 0.25) is 0 Å². The third-order valence-electron chi connectivity index (χ3n) is 5.83. The van der Waals surface area contributed by atoms with Gasteiger partial charge in [-0.25, -0.2) is 9.37 Å². The van der Waals surface area contributed by atoms with E-state index in [1.54, 1.807) is 30.3 Å². The van der Waals surface area contributed by atoms with Gasteiger partial charge in [-0.15, -0.1) is 0 Å². The van der Waals surface area contributed by atoms with Crippen molar-refractivity contribution in [1.29, 1.82) is 5.26 Å². The molecule has 0 saturated carbocycles. The van der Waals surface area contributed by atoms with E-state index >= 15 is 0 Å². The summed E-state index contributed by atoms with van der Waals surface area (Å²) in [7, 11) is 0. The molecule has 5 aromatic rings. The van der Waals surface area contributed by atoms with Gasteiger partial charge in [-0.3, -0.25) is 4.79 Å². The number of carbonyl (C=O) groups is 1. The maximum absolute atomic E-state index is 14.4. The van der Waals surface area contributed by atoms with Crippen LogP contribution in [0.15, 0.2) is 103 Å². The number of hydrogen-bond acceptors (Lipinski definition) is 3. The number of pyridine rings is 1. The zero-order valence-electron chi connectivity index (χ0n) is 18.2. The van der Waals surface area contributed by atoms with Crippen molar-refractivity contribution in [2.45, 2.75) is 6.42 Å². The van der Waals surface area contributed by atoms with Crippen molar-refractivity contribution in [3.63, 3.8) is 0 Å². The number of halogens is 1. The van der Waals surface area contributed by atoms with Gasteiger partial charge < -0.3 is 0 Å². The van der Waals surface area contributed by atoms with Crippen LogP contribution in [0.3, 0.4) is 0 Å². The zero-order chi connectivity index (χ0) is 23.5. The van der Waals surface area contributed by atoms with Gasteiger partial charge in [0.25, 0.3) is 0 Å². The smallest absolute Gasteiger partial charge is 0.195 e. The Morgan fingerprint density at radius 2 is 1.53 bits per heavy atom. The predicted molar refractivity (Wildman–Crippen MR) is 131 cm³/mol. The Hall–Kier alpha value is -4.62. The van der Waals surface area contributed by atoms with Crippen LogP contribution >= 0.6 is 0 Å². The first kappa shape index (κ1) is 21.2. The molecule has 0 atom stereocenters. The van der Waals surface area contributed by atoms with Crippen LogP contribution in [-0.2, 0) is 6.42 Å². The molecule has 0 unspecified atom stereocenters. The molecule has 0 bridgehead atoms. The van der Waals surface area contributed by atoms with Crippen LogP contribution in [0.5, 0.6) is 0 Å². The lowest BCUT2D eigenvalue weighted by molar-refractivity contribution is 0.103. The summed E-state index contributed by atoms with van der Waals surface area (Å²) in [6.07, 6.45) is 0.445. The summed E-state index contributed by atoms with van der Waals surface area (Å²) in [5.74, 6) is -0.596. The van der Waals surface area contributed by atoms with Crippen LogP contribution in [-0.4, -0.2) is 10.8 Å². The fraction of sp³-hybridized carbons (Fsp3) is 0.0333. The third-order valence-corrected chi connectivity index (χ3v) is 5.83. The van der Waals surface area contributed by atoms with E-state index < -0.39 is 0 Å². The second-order valence-corrected chi connectivity index (χ2v) is 8.02. The number of fused-ring (bicyclic) bond motifs is 1. The van der Waals surface area contributed by atoms with Gasteiger partial charge in [-0.2, -0.15) is 5.26 Å². The molecular formula is C30H19FN2O. The van der Waals surface area contributed by atoms with E-state index in [-0.39, 0.29) is 11.6 Å². The van der Waals surface area contributed by atoms with Crippen LogP contribution in [0.1, 0.15) is 32.6 Å². The fourth-order valence-electron chi connectivity index (χ4n) is 4.17. The number of aromatic nitrogens is 1. The number of rotatable bonds is 5. The Balaban J connectivity index is 1.83. The van der Waals surface area contributed by atoms with Crippen molar-refractivity contribution in [3.05, 3.63) is 137 Å². The Labute approximate surface area is 196 Å². The molecule has 0 aliphatic carbocycles. The summed E-state index contributed by atoms with van der Waals surface area (Å²) < 4.78 is 14.4. The van der Waals surface area contributed by atoms with Crippen molar-refractivity contribution < 1.29 is 9.18 Å². The summed E-state index contributed by atoms with van der Waals surface area (Å²) in [6, 6.07) is 32.5. The monoisotopic (exact) mass is 442 g/mol. The Bertz CT molecular complexity index is 1540. The van der Waals surface area contributed by atoms with E-state index in [1.165, 1.54) is 12.1 Å². The molecule has 1 aromatic heterocycles. The largest absolute Gasteiger partial charge is 0.289 e. The molecule has 0 aliphatic rings. The first-order valence-electron chi connectivity index (χ1n) is 10.9. The third kappa shape index (κ3) is 4.07. The van der Waals surface area contributed by atoms with Gasteiger partial charge in [0.05, 0.1) is 28.4 Å². The summed E-state index contributed by atoms with van der Waals surface area (Å²) in [6.45, 7) is 0. The van der Waals surface area contributed by atoms with Crippen LogP contribution in [0.25, 0.3) is 22.2 Å². The number of hydrogen-bond donors (Lipinski definition) is 0. The maximum Gasteiger partial charge on any atom is 0.195 e. The Morgan fingerprint density at radius 3 is 2.21 bits per heavy atom. The molecule has 0 saturated heterocycles. The van der Waals surface area contributed by atoms with Crippen LogP contribution in [0.4, 0.5) is 4.39 Å². The molecule has 5 rings (SSSR count). The minimum absolute atomic E-state index is 0.215. The van der Waals surface area contributed by atoms with Gasteiger partial charge in [0.1, 0.15) is 5.82 Å². The number of ketones is 1. The standard InChI is InChI=1S/C30H19FN2O/c31-24-15-16-27-25(18-24)26(17-20-7-3-1-4-8-20)28(29(33-27)22-9-5-2-6-10-22)30(34)23-13-11-21(19-32)12-14-23/h1-16,18H,17H2. The minimum atomic E-state index is -0.382. The van der Waals surface area contributed by atoms with E-state index in [1.807, 2.05) is 60.7 Å². The van der Waals surface area contributed by atoms with E-state index in [0.29, 0.717) is 39.7 Å². The lowest BCUT2D eigenvalue weighted by Gasteiger charge is -2.17. The average molecular weight is 442 g/mol. The van der Waals surface area contributed by atoms with Crippen LogP contribution < -0.4 is 0 Å². The summed E-state index contributed by atoms with van der Waals surface area (Å²) in [5.41, 5.74) is 5.09. The highest BCUT2D eigenvalue weighted by atomic mass is 19.1. The average Bonchev–Trinajstić information content (AvgIpc) is 2.89. The first-order chi connectivity index (χ1) is 16.6. The lowest BCUT2D eigenvalue weighted by Crippen LogP contribution is -2.11. The molecule has 4 aromatic carbocycles. The maximum atomic E-state index is 14.4. The van der Waals surface area contributed by atoms with E-state index in [0.717, 1.165) is 16.7 Å². The molecule has 3 nitrogen and oxygen atoms in total. The highest BCUT2D eigenvalue weighted by Crippen LogP contribution is 2.34. The van der Waals surface area contributed by atoms with Crippen molar-refractivity contribution in [3.8, 4) is 17.3 Å². The number of carbonyl (C=O) groups excluding carboxylic acids is 1. The topological polar surface area (TPSA) is 53.8 Å². The van der Waals surface area contributed by atoms with Gasteiger partial charge in [-0.05, 0) is 60.0 Å². The molecule has 0 fully saturated rings. The quantitative estimate of drug-likeness (QED) is 0.283. The second kappa shape index (κ2) is 9.09. The highest BCUT2D eigenvalue weighted by Gasteiger charge is 2.24. The zero-order valence-corrected chi connectivity index (χ0v) is 18.2. The van der Waals surface area contributed by atoms with Crippen molar-refractivity contribution in [1.82, 2.24) is 4.98 Å². The highest BCUT2D eigenvalue weighted by molar-refractivity contribution is 6.15. The Kier molecular flexibility index (Phi) is 5.68. The van der Waals surface area contributed by atoms with E-state index in [2.05, 4.69) is 6.07 Å². The number of benzene rings is 4. The molecule has 34 heavy (non-hydrogen) atoms. The molecule has 162 valence electrons. The fourth-order valence-corrected chi connectivity index (χ4v) is 4.17. The summed E-state index contributed by atoms with van der Waals surface area (Å²) in [4.78, 5) is 18.8. The SMILES string of the molecule is N#Cc1ccc(C(=O)c2c(-c3ccccc3)nc3ccc(F)cc3c2Cc2ccccc2)cc1. The molecule has 4 heteroatoms. The van der Waals surface area contributed by atoms with Gasteiger partial charge in [0.2, 0.25) is 0 Å². The second-order valence-electron chi connectivity index (χ2n) is 8.02. The van der Waals surface area contributed by atoms with Crippen molar-refractivity contribution in [2.24, 2.45) is 0 Å². The van der Waals surface area contributed by atoms with E-state index in [4.69, 9.17) is 10.2 Å². The summed E-state index contributed by atoms with van der Waals surface area (Å²) in [5, 5.41) is 9.76. The summed E-state index contributed by atoms with van der Waals surface area (Å²) >= 11 is 0. The first-order valence-corrected chi connectivity index (χ1v) is 10.9. The molecule has 0 N–H and O–H groups in total. The van der Waals surface area contributed by atoms with Crippen LogP contribution in [0, 0.1) is 17.1 Å². The van der Waals surface area contributed by atoms with Gasteiger partial charge in [0.15, 0.2) is 5.78 Å². The van der Waals surface area contributed by atoms with E-state index in [9.17, 15) is 9.18 Å². The van der Waals surface area contributed by atoms with Gasteiger partial charge >= 0.3 is 0 Å². The molecule has 0 amide bonds. The van der Waals surface area contributed by atoms with Crippen molar-refractivity contribution in [2.75, 3.05) is 0 Å². The van der Waals surface area contributed by atoms with Crippen molar-refractivity contribution >= 4 is 16.7 Å². The molecule has 0 spiro atoms. The predicted octanol–water partition coefficient (Wildman–Crippen LogP) is 6.73. The Morgan fingerprint density at radius 1 is 0.853 bits per heavy atom. The molecular weight excluding hydrogens is 423 g/mol. The lowest BCUT2D eigenvalue weighted by atomic mass is 9.88.